The molecule has 0 saturated heterocycles. The summed E-state index contributed by atoms with van der Waals surface area (Å²) in [5.41, 5.74) is 4.57. The molecular weight excluding hydrogens is 380 g/mol. The molecule has 0 radical (unpaired) electrons. The normalized spacial score (nSPS) is 11.0. The third-order valence-electron chi connectivity index (χ3n) is 4.42. The van der Waals surface area contributed by atoms with Gasteiger partial charge < -0.3 is 0 Å². The van der Waals surface area contributed by atoms with Crippen LogP contribution in [-0.4, -0.2) is 23.2 Å². The highest BCUT2D eigenvalue weighted by Gasteiger charge is 2.11. The zero-order valence-electron chi connectivity index (χ0n) is 15.9. The summed E-state index contributed by atoms with van der Waals surface area (Å²) in [6.07, 6.45) is 1.71. The molecule has 4 rings (SSSR count). The smallest absolute Gasteiger partial charge is 0.235 e. The summed E-state index contributed by atoms with van der Waals surface area (Å²) < 4.78 is 0. The highest BCUT2D eigenvalue weighted by molar-refractivity contribution is 6.33. The Labute approximate surface area is 175 Å². The van der Waals surface area contributed by atoms with Crippen molar-refractivity contribution in [1.29, 1.82) is 0 Å². The predicted molar refractivity (Wildman–Crippen MR) is 120 cm³/mol. The van der Waals surface area contributed by atoms with Crippen molar-refractivity contribution in [1.82, 2.24) is 9.97 Å². The van der Waals surface area contributed by atoms with E-state index in [2.05, 4.69) is 5.10 Å². The number of nitrogens with zero attached hydrogens (tertiary/aromatic N) is 4. The molecule has 5 heteroatoms. The first-order chi connectivity index (χ1) is 14.2. The topological polar surface area (TPSA) is 41.4 Å². The number of hydrazone groups is 1. The fraction of sp³-hybridized carbons (Fsp3) is 0.0417. The lowest BCUT2D eigenvalue weighted by molar-refractivity contribution is 0.938. The van der Waals surface area contributed by atoms with Crippen LogP contribution in [0.5, 0.6) is 0 Å². The lowest BCUT2D eigenvalue weighted by Gasteiger charge is -2.14. The van der Waals surface area contributed by atoms with E-state index < -0.39 is 0 Å². The first-order valence-electron chi connectivity index (χ1n) is 9.23. The Hall–Kier alpha value is -3.50. The minimum Gasteiger partial charge on any atom is -0.235 e. The Morgan fingerprint density at radius 2 is 1.28 bits per heavy atom. The molecule has 1 heterocycles. The lowest BCUT2D eigenvalue weighted by atomic mass is 10.1. The third kappa shape index (κ3) is 4.50. The van der Waals surface area contributed by atoms with E-state index in [1.807, 2.05) is 98.0 Å². The van der Waals surface area contributed by atoms with E-state index in [1.165, 1.54) is 0 Å². The molecule has 0 amide bonds. The number of hydrogen-bond acceptors (Lipinski definition) is 4. The molecular formula is C24H19ClN4. The molecule has 3 aromatic carbocycles. The van der Waals surface area contributed by atoms with Gasteiger partial charge in [-0.3, -0.25) is 0 Å². The molecule has 29 heavy (non-hydrogen) atoms. The van der Waals surface area contributed by atoms with Gasteiger partial charge in [0.25, 0.3) is 0 Å². The van der Waals surface area contributed by atoms with Crippen molar-refractivity contribution in [2.45, 2.75) is 0 Å². The molecule has 4 aromatic rings. The minimum absolute atomic E-state index is 0.508. The van der Waals surface area contributed by atoms with Crippen molar-refractivity contribution >= 4 is 23.8 Å². The van der Waals surface area contributed by atoms with Gasteiger partial charge in [-0.2, -0.15) is 5.10 Å². The van der Waals surface area contributed by atoms with Crippen LogP contribution in [0.25, 0.3) is 22.5 Å². The Bertz CT molecular complexity index is 1070. The van der Waals surface area contributed by atoms with Crippen LogP contribution in [0.4, 0.5) is 5.95 Å². The molecule has 0 aliphatic carbocycles. The fourth-order valence-electron chi connectivity index (χ4n) is 2.87. The zero-order chi connectivity index (χ0) is 20.1. The van der Waals surface area contributed by atoms with Gasteiger partial charge in [-0.05, 0) is 12.1 Å². The van der Waals surface area contributed by atoms with Crippen molar-refractivity contribution in [3.05, 3.63) is 102 Å². The molecule has 1 aromatic heterocycles. The Morgan fingerprint density at radius 1 is 0.759 bits per heavy atom. The number of benzene rings is 3. The van der Waals surface area contributed by atoms with Crippen LogP contribution in [0.15, 0.2) is 96.1 Å². The van der Waals surface area contributed by atoms with Crippen molar-refractivity contribution < 1.29 is 0 Å². The summed E-state index contributed by atoms with van der Waals surface area (Å²) in [7, 11) is 1.83. The molecule has 0 N–H and O–H groups in total. The number of halogens is 1. The zero-order valence-corrected chi connectivity index (χ0v) is 16.7. The minimum atomic E-state index is 0.508. The highest BCUT2D eigenvalue weighted by atomic mass is 35.5. The second-order valence-corrected chi connectivity index (χ2v) is 6.87. The number of rotatable bonds is 5. The van der Waals surface area contributed by atoms with E-state index in [-0.39, 0.29) is 0 Å². The first-order valence-corrected chi connectivity index (χ1v) is 9.61. The van der Waals surface area contributed by atoms with Gasteiger partial charge in [0.2, 0.25) is 5.95 Å². The average Bonchev–Trinajstić information content (AvgIpc) is 2.79. The summed E-state index contributed by atoms with van der Waals surface area (Å²) in [5, 5.41) is 6.80. The van der Waals surface area contributed by atoms with Gasteiger partial charge in [-0.25, -0.2) is 15.0 Å². The highest BCUT2D eigenvalue weighted by Crippen LogP contribution is 2.26. The standard InChI is InChI=1S/C24H19ClN4/c1-29(26-17-20-14-8-9-15-21(20)25)24-27-22(18-10-4-2-5-11-18)16-23(28-24)19-12-6-3-7-13-19/h2-17H,1H3/b26-17+. The molecule has 0 spiro atoms. The largest absolute Gasteiger partial charge is 0.247 e. The number of hydrogen-bond donors (Lipinski definition) is 0. The molecule has 0 unspecified atom stereocenters. The third-order valence-corrected chi connectivity index (χ3v) is 4.76. The summed E-state index contributed by atoms with van der Waals surface area (Å²) in [6, 6.07) is 29.7. The van der Waals surface area contributed by atoms with Crippen LogP contribution in [-0.2, 0) is 0 Å². The number of aromatic nitrogens is 2. The van der Waals surface area contributed by atoms with Crippen LogP contribution in [0.2, 0.25) is 5.02 Å². The molecule has 0 fully saturated rings. The van der Waals surface area contributed by atoms with Crippen LogP contribution in [0, 0.1) is 0 Å². The van der Waals surface area contributed by atoms with Gasteiger partial charge >= 0.3 is 0 Å². The summed E-state index contributed by atoms with van der Waals surface area (Å²) in [5.74, 6) is 0.508. The van der Waals surface area contributed by atoms with Crippen LogP contribution >= 0.6 is 11.6 Å². The van der Waals surface area contributed by atoms with Gasteiger partial charge in [0, 0.05) is 28.8 Å². The molecule has 0 aliphatic rings. The SMILES string of the molecule is CN(/N=C/c1ccccc1Cl)c1nc(-c2ccccc2)cc(-c2ccccc2)n1. The second-order valence-electron chi connectivity index (χ2n) is 6.46. The van der Waals surface area contributed by atoms with Crippen LogP contribution < -0.4 is 5.01 Å². The second kappa shape index (κ2) is 8.67. The van der Waals surface area contributed by atoms with Crippen molar-refractivity contribution in [3.63, 3.8) is 0 Å². The fourth-order valence-corrected chi connectivity index (χ4v) is 3.06. The maximum atomic E-state index is 6.22. The maximum Gasteiger partial charge on any atom is 0.247 e. The van der Waals surface area contributed by atoms with Crippen LogP contribution in [0.1, 0.15) is 5.56 Å². The van der Waals surface area contributed by atoms with Crippen LogP contribution in [0.3, 0.4) is 0 Å². The van der Waals surface area contributed by atoms with E-state index in [4.69, 9.17) is 21.6 Å². The summed E-state index contributed by atoms with van der Waals surface area (Å²) in [4.78, 5) is 9.46. The Morgan fingerprint density at radius 3 is 1.83 bits per heavy atom. The molecule has 0 saturated carbocycles. The monoisotopic (exact) mass is 398 g/mol. The van der Waals surface area contributed by atoms with Gasteiger partial charge in [0.1, 0.15) is 0 Å². The van der Waals surface area contributed by atoms with Crippen molar-refractivity contribution in [3.8, 4) is 22.5 Å². The molecule has 142 valence electrons. The molecule has 4 nitrogen and oxygen atoms in total. The molecule has 0 bridgehead atoms. The van der Waals surface area contributed by atoms with Crippen molar-refractivity contribution in [2.24, 2.45) is 5.10 Å². The van der Waals surface area contributed by atoms with Crippen molar-refractivity contribution in [2.75, 3.05) is 12.1 Å². The quantitative estimate of drug-likeness (QED) is 0.309. The Kier molecular flexibility index (Phi) is 5.63. The van der Waals surface area contributed by atoms with Gasteiger partial charge in [0.15, 0.2) is 0 Å². The summed E-state index contributed by atoms with van der Waals surface area (Å²) >= 11 is 6.22. The average molecular weight is 399 g/mol. The number of anilines is 1. The Balaban J connectivity index is 1.75. The van der Waals surface area contributed by atoms with E-state index in [1.54, 1.807) is 11.2 Å². The van der Waals surface area contributed by atoms with E-state index in [0.29, 0.717) is 11.0 Å². The van der Waals surface area contributed by atoms with Gasteiger partial charge in [-0.1, -0.05) is 90.5 Å². The maximum absolute atomic E-state index is 6.22. The summed E-state index contributed by atoms with van der Waals surface area (Å²) in [6.45, 7) is 0. The first kappa shape index (κ1) is 18.8. The molecule has 0 aliphatic heterocycles. The van der Waals surface area contributed by atoms with Gasteiger partial charge in [0.05, 0.1) is 17.6 Å². The molecule has 0 atom stereocenters. The van der Waals surface area contributed by atoms with E-state index >= 15 is 0 Å². The van der Waals surface area contributed by atoms with Gasteiger partial charge in [-0.15, -0.1) is 0 Å². The predicted octanol–water partition coefficient (Wildman–Crippen LogP) is 5.93. The van der Waals surface area contributed by atoms with E-state index in [0.717, 1.165) is 28.1 Å². The van der Waals surface area contributed by atoms with E-state index in [9.17, 15) is 0 Å². The lowest BCUT2D eigenvalue weighted by Crippen LogP contribution is -2.13.